The number of nitrogens with two attached hydrogens (primary N) is 1. The molecule has 0 aliphatic carbocycles. The molecule has 1 aliphatic rings. The monoisotopic (exact) mass is 357 g/mol. The fourth-order valence-electron chi connectivity index (χ4n) is 2.09. The Labute approximate surface area is 138 Å². The summed E-state index contributed by atoms with van der Waals surface area (Å²) >= 11 is 0. The molecule has 1 unspecified atom stereocenters. The Bertz CT molecular complexity index is 612. The van der Waals surface area contributed by atoms with Crippen LogP contribution in [0.25, 0.3) is 11.2 Å². The number of nitrogens with zero attached hydrogens (tertiary/aromatic N) is 4. The molecular formula is C10H11FN5O3Y-. The zero-order valence-electron chi connectivity index (χ0n) is 10.2. The number of aromatic nitrogens is 4. The normalized spacial score (nSPS) is 29.6. The molecule has 105 valence electrons. The first-order chi connectivity index (χ1) is 9.13. The number of nitrogen functional groups attached to an aromatic ring is 1. The van der Waals surface area contributed by atoms with E-state index >= 15 is 0 Å². The van der Waals surface area contributed by atoms with E-state index in [1.165, 1.54) is 10.9 Å². The summed E-state index contributed by atoms with van der Waals surface area (Å²) in [6.45, 7) is -0.478. The fourth-order valence-corrected chi connectivity index (χ4v) is 2.09. The molecule has 8 nitrogen and oxygen atoms in total. The van der Waals surface area contributed by atoms with E-state index in [4.69, 9.17) is 15.6 Å². The van der Waals surface area contributed by atoms with Crippen molar-refractivity contribution in [3.8, 4) is 0 Å². The molecule has 4 atom stereocenters. The predicted molar refractivity (Wildman–Crippen MR) is 60.5 cm³/mol. The van der Waals surface area contributed by atoms with Crippen molar-refractivity contribution in [2.45, 2.75) is 24.6 Å². The van der Waals surface area contributed by atoms with Crippen molar-refractivity contribution in [3.63, 3.8) is 0 Å². The van der Waals surface area contributed by atoms with Gasteiger partial charge in [0.05, 0.1) is 18.6 Å². The van der Waals surface area contributed by atoms with E-state index in [0.29, 0.717) is 5.52 Å². The average molecular weight is 357 g/mol. The summed E-state index contributed by atoms with van der Waals surface area (Å²) in [7, 11) is 0. The smallest absolute Gasteiger partial charge is 0.172 e. The molecule has 1 fully saturated rings. The van der Waals surface area contributed by atoms with Gasteiger partial charge in [-0.25, -0.2) is 4.39 Å². The number of aliphatic hydroxyl groups is 2. The number of anilines is 1. The van der Waals surface area contributed by atoms with Crippen molar-refractivity contribution < 1.29 is 52.0 Å². The topological polar surface area (TPSA) is 119 Å². The minimum absolute atomic E-state index is 0. The molecule has 0 saturated carbocycles. The van der Waals surface area contributed by atoms with Gasteiger partial charge in [0.25, 0.3) is 0 Å². The van der Waals surface area contributed by atoms with Crippen LogP contribution >= 0.6 is 0 Å². The van der Waals surface area contributed by atoms with Crippen LogP contribution in [0.2, 0.25) is 0 Å². The number of ether oxygens (including phenoxy) is 1. The maximum Gasteiger partial charge on any atom is 0.172 e. The first-order valence-corrected chi connectivity index (χ1v) is 5.58. The summed E-state index contributed by atoms with van der Waals surface area (Å²) in [6.07, 6.45) is -1.59. The van der Waals surface area contributed by atoms with E-state index in [0.717, 1.165) is 0 Å². The molecule has 20 heavy (non-hydrogen) atoms. The maximum atomic E-state index is 14.0. The van der Waals surface area contributed by atoms with Crippen LogP contribution in [0, 0.1) is 6.33 Å². The van der Waals surface area contributed by atoms with E-state index in [1.807, 2.05) is 0 Å². The Hall–Kier alpha value is -0.736. The van der Waals surface area contributed by atoms with Gasteiger partial charge in [-0.3, -0.25) is 4.98 Å². The number of imidazole rings is 1. The zero-order chi connectivity index (χ0) is 13.6. The number of halogens is 1. The van der Waals surface area contributed by atoms with Gasteiger partial charge in [-0.05, 0) is 0 Å². The third kappa shape index (κ3) is 2.33. The largest absolute Gasteiger partial charge is 0.433 e. The quantitative estimate of drug-likeness (QED) is 0.578. The summed E-state index contributed by atoms with van der Waals surface area (Å²) in [4.78, 5) is 11.5. The van der Waals surface area contributed by atoms with Gasteiger partial charge >= 0.3 is 0 Å². The first-order valence-electron chi connectivity index (χ1n) is 5.58. The average Bonchev–Trinajstić information content (AvgIpc) is 2.94. The molecule has 0 aromatic carbocycles. The SMILES string of the molecule is Nc1n[c-]nc2c1ncn2[C@@H]1O[C@H](CO)C(O)[C@@H]1F.[Y]. The molecule has 2 aromatic heterocycles. The van der Waals surface area contributed by atoms with Crippen LogP contribution in [0.5, 0.6) is 0 Å². The van der Waals surface area contributed by atoms with Crippen molar-refractivity contribution in [2.75, 3.05) is 12.3 Å². The van der Waals surface area contributed by atoms with Crippen molar-refractivity contribution in [3.05, 3.63) is 12.7 Å². The summed E-state index contributed by atoms with van der Waals surface area (Å²) in [5, 5.41) is 18.6. The van der Waals surface area contributed by atoms with Gasteiger partial charge in [0.15, 0.2) is 12.4 Å². The predicted octanol–water partition coefficient (Wildman–Crippen LogP) is -1.21. The van der Waals surface area contributed by atoms with Gasteiger partial charge in [0, 0.05) is 50.4 Å². The van der Waals surface area contributed by atoms with Crippen molar-refractivity contribution in [1.29, 1.82) is 0 Å². The second-order valence-electron chi connectivity index (χ2n) is 4.22. The molecule has 1 aliphatic heterocycles. The van der Waals surface area contributed by atoms with E-state index in [9.17, 15) is 9.50 Å². The summed E-state index contributed by atoms with van der Waals surface area (Å²) in [5.74, 6) is 0.122. The summed E-state index contributed by atoms with van der Waals surface area (Å²) in [6, 6.07) is 0. The van der Waals surface area contributed by atoms with E-state index in [2.05, 4.69) is 21.3 Å². The van der Waals surface area contributed by atoms with E-state index in [1.54, 1.807) is 0 Å². The molecule has 0 spiro atoms. The molecule has 1 radical (unpaired) electrons. The van der Waals surface area contributed by atoms with Gasteiger partial charge < -0.3 is 35.2 Å². The molecule has 0 amide bonds. The van der Waals surface area contributed by atoms with Crippen LogP contribution in [-0.2, 0) is 37.4 Å². The number of rotatable bonds is 2. The molecule has 0 bridgehead atoms. The molecule has 1 saturated heterocycles. The van der Waals surface area contributed by atoms with Crippen molar-refractivity contribution in [2.24, 2.45) is 0 Å². The van der Waals surface area contributed by atoms with Crippen LogP contribution in [-0.4, -0.2) is 54.7 Å². The number of hydrogen-bond acceptors (Lipinski definition) is 7. The Morgan fingerprint density at radius 1 is 1.50 bits per heavy atom. The number of alkyl halides is 1. The van der Waals surface area contributed by atoms with E-state index in [-0.39, 0.29) is 44.2 Å². The van der Waals surface area contributed by atoms with Crippen LogP contribution in [0.3, 0.4) is 0 Å². The van der Waals surface area contributed by atoms with Gasteiger partial charge in [-0.15, -0.1) is 0 Å². The third-order valence-electron chi connectivity index (χ3n) is 3.08. The standard InChI is InChI=1S/C10H11FN5O3.Y/c11-5-7(18)4(1-17)19-10(5)16-3-15-6-8(12)13-2-14-9(6)16;/h3-5,7,10,17-18H,1H2,(H2,12,13,14);/q-1;/t4-,5+,7?,10-;/m1./s1. The minimum atomic E-state index is -1.70. The molecule has 3 heterocycles. The molecular weight excluding hydrogens is 346 g/mol. The minimum Gasteiger partial charge on any atom is -0.433 e. The Morgan fingerprint density at radius 3 is 2.90 bits per heavy atom. The molecule has 3 rings (SSSR count). The van der Waals surface area contributed by atoms with Crippen molar-refractivity contribution >= 4 is 17.0 Å². The Kier molecular flexibility index (Phi) is 4.65. The number of hydrogen-bond donors (Lipinski definition) is 3. The van der Waals surface area contributed by atoms with Crippen LogP contribution in [0.15, 0.2) is 6.33 Å². The van der Waals surface area contributed by atoms with Crippen LogP contribution < -0.4 is 5.73 Å². The van der Waals surface area contributed by atoms with Crippen LogP contribution in [0.1, 0.15) is 6.23 Å². The van der Waals surface area contributed by atoms with Gasteiger partial charge in [-0.2, -0.15) is 0 Å². The number of fused-ring (bicyclic) bond motifs is 1. The molecule has 2 aromatic rings. The Morgan fingerprint density at radius 2 is 2.25 bits per heavy atom. The molecule has 4 N–H and O–H groups in total. The van der Waals surface area contributed by atoms with Crippen molar-refractivity contribution in [1.82, 2.24) is 19.5 Å². The maximum absolute atomic E-state index is 14.0. The Balaban J connectivity index is 0.00000147. The first kappa shape index (κ1) is 15.6. The van der Waals surface area contributed by atoms with Gasteiger partial charge in [0.1, 0.15) is 12.2 Å². The number of aliphatic hydroxyl groups excluding tert-OH is 2. The van der Waals surface area contributed by atoms with Gasteiger partial charge in [-0.1, -0.05) is 0 Å². The summed E-state index contributed by atoms with van der Waals surface area (Å²) < 4.78 is 20.6. The van der Waals surface area contributed by atoms with Gasteiger partial charge in [0.2, 0.25) is 0 Å². The van der Waals surface area contributed by atoms with Crippen LogP contribution in [0.4, 0.5) is 10.2 Å². The zero-order valence-corrected chi connectivity index (χ0v) is 13.1. The second-order valence-corrected chi connectivity index (χ2v) is 4.22. The second kappa shape index (κ2) is 5.94. The van der Waals surface area contributed by atoms with E-state index < -0.39 is 31.2 Å². The fraction of sp³-hybridized carbons (Fsp3) is 0.500. The summed E-state index contributed by atoms with van der Waals surface area (Å²) in [5.41, 5.74) is 6.16. The third-order valence-corrected chi connectivity index (χ3v) is 3.08. The molecule has 10 heteroatoms.